The van der Waals surface area contributed by atoms with Crippen LogP contribution < -0.4 is 10.1 Å². The fourth-order valence-electron chi connectivity index (χ4n) is 1.42. The monoisotopic (exact) mass is 199 g/mol. The number of nitrogens with one attached hydrogen (secondary N) is 1. The Morgan fingerprint density at radius 2 is 2.00 bits per heavy atom. The minimum Gasteiger partial charge on any atom is -0.489 e. The summed E-state index contributed by atoms with van der Waals surface area (Å²) in [5.41, 5.74) is 0. The van der Waals surface area contributed by atoms with Gasteiger partial charge in [0.2, 0.25) is 0 Å². The molecule has 2 rings (SSSR count). The van der Waals surface area contributed by atoms with Crippen LogP contribution in [0.3, 0.4) is 0 Å². The van der Waals surface area contributed by atoms with E-state index in [2.05, 4.69) is 5.32 Å². The van der Waals surface area contributed by atoms with E-state index in [1.165, 1.54) is 0 Å². The molecule has 0 aliphatic carbocycles. The van der Waals surface area contributed by atoms with Crippen molar-refractivity contribution in [3.63, 3.8) is 0 Å². The Balaban J connectivity index is 0.000000845. The minimum atomic E-state index is 0. The Morgan fingerprint density at radius 3 is 2.62 bits per heavy atom. The molecule has 0 saturated carbocycles. The van der Waals surface area contributed by atoms with Crippen LogP contribution in [0.5, 0.6) is 5.75 Å². The van der Waals surface area contributed by atoms with Crippen LogP contribution in [0.1, 0.15) is 6.42 Å². The van der Waals surface area contributed by atoms with Gasteiger partial charge in [-0.05, 0) is 25.1 Å². The Morgan fingerprint density at radius 1 is 1.23 bits per heavy atom. The van der Waals surface area contributed by atoms with Gasteiger partial charge in [0.25, 0.3) is 0 Å². The Hall–Kier alpha value is -0.730. The lowest BCUT2D eigenvalue weighted by atomic mass is 10.3. The van der Waals surface area contributed by atoms with E-state index in [-0.39, 0.29) is 12.4 Å². The van der Waals surface area contributed by atoms with Gasteiger partial charge >= 0.3 is 0 Å². The summed E-state index contributed by atoms with van der Waals surface area (Å²) >= 11 is 0. The summed E-state index contributed by atoms with van der Waals surface area (Å²) in [7, 11) is 0. The number of benzene rings is 1. The van der Waals surface area contributed by atoms with Gasteiger partial charge < -0.3 is 10.1 Å². The second-order valence-electron chi connectivity index (χ2n) is 3.05. The number of para-hydroxylation sites is 1. The molecule has 1 heterocycles. The van der Waals surface area contributed by atoms with Gasteiger partial charge in [-0.15, -0.1) is 12.4 Å². The summed E-state index contributed by atoms with van der Waals surface area (Å²) in [6, 6.07) is 9.99. The zero-order chi connectivity index (χ0) is 8.23. The van der Waals surface area contributed by atoms with Crippen LogP contribution in [0, 0.1) is 0 Å². The normalized spacial score (nSPS) is 20.8. The van der Waals surface area contributed by atoms with Crippen LogP contribution in [-0.2, 0) is 0 Å². The third-order valence-corrected chi connectivity index (χ3v) is 2.06. The van der Waals surface area contributed by atoms with Gasteiger partial charge in [0.1, 0.15) is 11.9 Å². The fourth-order valence-corrected chi connectivity index (χ4v) is 1.42. The first kappa shape index (κ1) is 10.4. The number of hydrogen-bond acceptors (Lipinski definition) is 2. The first-order valence-corrected chi connectivity index (χ1v) is 4.37. The summed E-state index contributed by atoms with van der Waals surface area (Å²) < 4.78 is 5.71. The van der Waals surface area contributed by atoms with Crippen LogP contribution in [0.4, 0.5) is 0 Å². The van der Waals surface area contributed by atoms with E-state index in [1.807, 2.05) is 30.3 Å². The van der Waals surface area contributed by atoms with E-state index in [0.717, 1.165) is 25.3 Å². The van der Waals surface area contributed by atoms with Crippen molar-refractivity contribution < 1.29 is 4.74 Å². The third-order valence-electron chi connectivity index (χ3n) is 2.06. The van der Waals surface area contributed by atoms with Gasteiger partial charge in [0, 0.05) is 6.54 Å². The largest absolute Gasteiger partial charge is 0.489 e. The van der Waals surface area contributed by atoms with E-state index in [1.54, 1.807) is 0 Å². The Bertz CT molecular complexity index is 234. The van der Waals surface area contributed by atoms with E-state index < -0.39 is 0 Å². The second-order valence-corrected chi connectivity index (χ2v) is 3.05. The maximum atomic E-state index is 5.71. The van der Waals surface area contributed by atoms with Gasteiger partial charge in [-0.2, -0.15) is 0 Å². The van der Waals surface area contributed by atoms with Crippen molar-refractivity contribution in [2.75, 3.05) is 13.1 Å². The molecule has 72 valence electrons. The molecule has 0 bridgehead atoms. The van der Waals surface area contributed by atoms with Gasteiger partial charge in [-0.25, -0.2) is 0 Å². The molecule has 1 aliphatic heterocycles. The molecule has 0 unspecified atom stereocenters. The van der Waals surface area contributed by atoms with Crippen molar-refractivity contribution in [3.05, 3.63) is 30.3 Å². The van der Waals surface area contributed by atoms with Gasteiger partial charge in [0.15, 0.2) is 0 Å². The lowest BCUT2D eigenvalue weighted by Gasteiger charge is -2.11. The molecule has 13 heavy (non-hydrogen) atoms. The zero-order valence-electron chi connectivity index (χ0n) is 7.40. The van der Waals surface area contributed by atoms with E-state index in [4.69, 9.17) is 4.74 Å². The highest BCUT2D eigenvalue weighted by Crippen LogP contribution is 2.13. The van der Waals surface area contributed by atoms with Crippen LogP contribution in [0.25, 0.3) is 0 Å². The van der Waals surface area contributed by atoms with Crippen LogP contribution in [0.2, 0.25) is 0 Å². The molecule has 1 aromatic rings. The average molecular weight is 200 g/mol. The number of rotatable bonds is 2. The second kappa shape index (κ2) is 5.10. The molecule has 0 radical (unpaired) electrons. The highest BCUT2D eigenvalue weighted by atomic mass is 35.5. The minimum absolute atomic E-state index is 0. The molecule has 0 aromatic heterocycles. The molecule has 2 nitrogen and oxygen atoms in total. The zero-order valence-corrected chi connectivity index (χ0v) is 8.22. The molecular weight excluding hydrogens is 186 g/mol. The first-order valence-electron chi connectivity index (χ1n) is 4.37. The van der Waals surface area contributed by atoms with E-state index in [0.29, 0.717) is 6.10 Å². The van der Waals surface area contributed by atoms with Crippen molar-refractivity contribution in [1.29, 1.82) is 0 Å². The van der Waals surface area contributed by atoms with Crippen molar-refractivity contribution in [3.8, 4) is 5.75 Å². The lowest BCUT2D eigenvalue weighted by Crippen LogP contribution is -2.19. The summed E-state index contributed by atoms with van der Waals surface area (Å²) in [6.07, 6.45) is 1.49. The van der Waals surface area contributed by atoms with Gasteiger partial charge in [-0.3, -0.25) is 0 Å². The molecule has 1 fully saturated rings. The molecule has 1 atom stereocenters. The van der Waals surface area contributed by atoms with E-state index in [9.17, 15) is 0 Å². The van der Waals surface area contributed by atoms with E-state index >= 15 is 0 Å². The molecular formula is C10H14ClNO. The Kier molecular flexibility index (Phi) is 4.06. The van der Waals surface area contributed by atoms with Crippen molar-refractivity contribution in [2.24, 2.45) is 0 Å². The molecule has 1 saturated heterocycles. The molecule has 0 amide bonds. The van der Waals surface area contributed by atoms with Crippen molar-refractivity contribution in [2.45, 2.75) is 12.5 Å². The van der Waals surface area contributed by atoms with Crippen molar-refractivity contribution >= 4 is 12.4 Å². The molecule has 3 heteroatoms. The summed E-state index contributed by atoms with van der Waals surface area (Å²) in [5.74, 6) is 0.978. The predicted molar refractivity (Wildman–Crippen MR) is 55.6 cm³/mol. The highest BCUT2D eigenvalue weighted by molar-refractivity contribution is 5.85. The number of ether oxygens (including phenoxy) is 1. The molecule has 1 N–H and O–H groups in total. The van der Waals surface area contributed by atoms with Crippen molar-refractivity contribution in [1.82, 2.24) is 5.32 Å². The highest BCUT2D eigenvalue weighted by Gasteiger charge is 2.15. The maximum Gasteiger partial charge on any atom is 0.119 e. The van der Waals surface area contributed by atoms with Crippen LogP contribution in [0.15, 0.2) is 30.3 Å². The SMILES string of the molecule is Cl.c1ccc(O[C@@H]2CCNC2)cc1. The summed E-state index contributed by atoms with van der Waals surface area (Å²) in [4.78, 5) is 0. The fraction of sp³-hybridized carbons (Fsp3) is 0.400. The smallest absolute Gasteiger partial charge is 0.119 e. The summed E-state index contributed by atoms with van der Waals surface area (Å²) in [5, 5.41) is 3.27. The quantitative estimate of drug-likeness (QED) is 0.785. The average Bonchev–Trinajstić information content (AvgIpc) is 2.59. The summed E-state index contributed by atoms with van der Waals surface area (Å²) in [6.45, 7) is 2.06. The topological polar surface area (TPSA) is 21.3 Å². The standard InChI is InChI=1S/C10H13NO.ClH/c1-2-4-9(5-3-1)12-10-6-7-11-8-10;/h1-5,10-11H,6-8H2;1H/t10-;/m1./s1. The molecule has 0 spiro atoms. The molecule has 1 aromatic carbocycles. The van der Waals surface area contributed by atoms with Crippen LogP contribution >= 0.6 is 12.4 Å². The maximum absolute atomic E-state index is 5.71. The van der Waals surface area contributed by atoms with Gasteiger partial charge in [-0.1, -0.05) is 18.2 Å². The van der Waals surface area contributed by atoms with Crippen LogP contribution in [-0.4, -0.2) is 19.2 Å². The Labute approximate surface area is 84.7 Å². The van der Waals surface area contributed by atoms with Gasteiger partial charge in [0.05, 0.1) is 0 Å². The predicted octanol–water partition coefficient (Wildman–Crippen LogP) is 1.85. The first-order chi connectivity index (χ1) is 5.95. The molecule has 1 aliphatic rings. The lowest BCUT2D eigenvalue weighted by molar-refractivity contribution is 0.223. The number of hydrogen-bond donors (Lipinski definition) is 1. The third kappa shape index (κ3) is 2.90. The number of halogens is 1.